The maximum absolute atomic E-state index is 12.0. The molecule has 1 rings (SSSR count). The molecule has 1 aromatic carbocycles. The van der Waals surface area contributed by atoms with Gasteiger partial charge in [-0.25, -0.2) is 0 Å². The van der Waals surface area contributed by atoms with Gasteiger partial charge in [0.2, 0.25) is 0 Å². The highest BCUT2D eigenvalue weighted by Gasteiger charge is 2.09. The Bertz CT molecular complexity index is 416. The molecule has 1 aromatic rings. The van der Waals surface area contributed by atoms with Crippen molar-refractivity contribution in [2.24, 2.45) is 0 Å². The van der Waals surface area contributed by atoms with Crippen molar-refractivity contribution < 1.29 is 4.79 Å². The molecule has 0 heterocycles. The lowest BCUT2D eigenvalue weighted by Crippen LogP contribution is -2.36. The fraction of sp³-hybridized carbons (Fsp3) is 0.500. The van der Waals surface area contributed by atoms with Crippen molar-refractivity contribution in [3.05, 3.63) is 29.3 Å². The number of amides is 1. The van der Waals surface area contributed by atoms with Crippen LogP contribution in [0.1, 0.15) is 29.8 Å². The van der Waals surface area contributed by atoms with Gasteiger partial charge in [0, 0.05) is 30.4 Å². The van der Waals surface area contributed by atoms with E-state index >= 15 is 0 Å². The number of nitrogen functional groups attached to an aromatic ring is 1. The molecule has 0 unspecified atom stereocenters. The van der Waals surface area contributed by atoms with Crippen molar-refractivity contribution in [2.75, 3.05) is 25.9 Å². The van der Waals surface area contributed by atoms with Crippen LogP contribution in [0.4, 0.5) is 5.69 Å². The molecule has 4 nitrogen and oxygen atoms in total. The summed E-state index contributed by atoms with van der Waals surface area (Å²) in [5, 5.41) is 2.92. The molecule has 18 heavy (non-hydrogen) atoms. The summed E-state index contributed by atoms with van der Waals surface area (Å²) in [6.45, 7) is 7.65. The van der Waals surface area contributed by atoms with Crippen LogP contribution in [0.3, 0.4) is 0 Å². The molecular weight excluding hydrogens is 226 g/mol. The Kier molecular flexibility index (Phi) is 5.16. The summed E-state index contributed by atoms with van der Waals surface area (Å²) < 4.78 is 0. The number of nitrogens with one attached hydrogen (secondary N) is 1. The number of carbonyl (C=O) groups excluding carboxylic acids is 1. The predicted molar refractivity (Wildman–Crippen MR) is 75.7 cm³/mol. The first-order valence-corrected chi connectivity index (χ1v) is 6.26. The molecule has 100 valence electrons. The van der Waals surface area contributed by atoms with Crippen molar-refractivity contribution in [3.63, 3.8) is 0 Å². The minimum Gasteiger partial charge on any atom is -0.399 e. The maximum Gasteiger partial charge on any atom is 0.251 e. The number of nitrogens with two attached hydrogens (primary N) is 1. The van der Waals surface area contributed by atoms with Gasteiger partial charge in [0.25, 0.3) is 5.91 Å². The molecule has 1 amide bonds. The third kappa shape index (κ3) is 4.04. The fourth-order valence-electron chi connectivity index (χ4n) is 1.58. The number of benzene rings is 1. The topological polar surface area (TPSA) is 58.4 Å². The van der Waals surface area contributed by atoms with Crippen LogP contribution in [0.2, 0.25) is 0 Å². The number of nitrogens with zero attached hydrogens (tertiary/aromatic N) is 1. The number of carbonyl (C=O) groups is 1. The maximum atomic E-state index is 12.0. The highest BCUT2D eigenvalue weighted by atomic mass is 16.1. The number of aryl methyl sites for hydroxylation is 1. The highest BCUT2D eigenvalue weighted by molar-refractivity contribution is 5.96. The normalized spacial score (nSPS) is 11.0. The largest absolute Gasteiger partial charge is 0.399 e. The van der Waals surface area contributed by atoms with E-state index in [0.717, 1.165) is 12.1 Å². The van der Waals surface area contributed by atoms with E-state index in [9.17, 15) is 4.79 Å². The van der Waals surface area contributed by atoms with Gasteiger partial charge >= 0.3 is 0 Å². The second-order valence-corrected chi connectivity index (χ2v) is 4.90. The third-order valence-electron chi connectivity index (χ3n) is 3.14. The van der Waals surface area contributed by atoms with Crippen LogP contribution in [0, 0.1) is 6.92 Å². The summed E-state index contributed by atoms with van der Waals surface area (Å²) >= 11 is 0. The van der Waals surface area contributed by atoms with Gasteiger partial charge in [-0.3, -0.25) is 4.79 Å². The summed E-state index contributed by atoms with van der Waals surface area (Å²) in [6, 6.07) is 5.87. The summed E-state index contributed by atoms with van der Waals surface area (Å²) in [4.78, 5) is 14.2. The Hall–Kier alpha value is -1.55. The van der Waals surface area contributed by atoms with Crippen molar-refractivity contribution in [1.29, 1.82) is 0 Å². The first-order chi connectivity index (χ1) is 8.41. The number of rotatable bonds is 5. The van der Waals surface area contributed by atoms with E-state index in [4.69, 9.17) is 5.73 Å². The lowest BCUT2D eigenvalue weighted by atomic mass is 10.1. The van der Waals surface area contributed by atoms with E-state index in [1.165, 1.54) is 0 Å². The van der Waals surface area contributed by atoms with Crippen LogP contribution in [0.5, 0.6) is 0 Å². The van der Waals surface area contributed by atoms with Crippen molar-refractivity contribution >= 4 is 11.6 Å². The van der Waals surface area contributed by atoms with E-state index in [1.807, 2.05) is 20.0 Å². The number of likely N-dealkylation sites (N-methyl/N-ethyl adjacent to an activating group) is 1. The number of anilines is 1. The van der Waals surface area contributed by atoms with E-state index in [2.05, 4.69) is 24.1 Å². The first kappa shape index (κ1) is 14.5. The van der Waals surface area contributed by atoms with Gasteiger partial charge < -0.3 is 16.0 Å². The Morgan fingerprint density at radius 3 is 2.72 bits per heavy atom. The van der Waals surface area contributed by atoms with Gasteiger partial charge in [0.05, 0.1) is 0 Å². The molecule has 0 aliphatic carbocycles. The summed E-state index contributed by atoms with van der Waals surface area (Å²) in [5.74, 6) is -0.0584. The van der Waals surface area contributed by atoms with Gasteiger partial charge in [0.15, 0.2) is 0 Å². The molecule has 0 aliphatic heterocycles. The Morgan fingerprint density at radius 1 is 1.44 bits per heavy atom. The Balaban J connectivity index is 2.53. The molecule has 0 spiro atoms. The zero-order valence-corrected chi connectivity index (χ0v) is 11.7. The lowest BCUT2D eigenvalue weighted by molar-refractivity contribution is 0.0947. The fourth-order valence-corrected chi connectivity index (χ4v) is 1.58. The SMILES string of the molecule is Cc1ccc(N)cc1C(=O)NCCN(C)C(C)C. The number of hydrogen-bond acceptors (Lipinski definition) is 3. The summed E-state index contributed by atoms with van der Waals surface area (Å²) in [5.41, 5.74) is 7.91. The highest BCUT2D eigenvalue weighted by Crippen LogP contribution is 2.12. The predicted octanol–water partition coefficient (Wildman–Crippen LogP) is 1.65. The molecule has 0 saturated heterocycles. The zero-order chi connectivity index (χ0) is 13.7. The van der Waals surface area contributed by atoms with Crippen LogP contribution in [-0.4, -0.2) is 37.0 Å². The van der Waals surface area contributed by atoms with Crippen LogP contribution in [-0.2, 0) is 0 Å². The van der Waals surface area contributed by atoms with Crippen molar-refractivity contribution in [1.82, 2.24) is 10.2 Å². The standard InChI is InChI=1S/C14H23N3O/c1-10(2)17(4)8-7-16-14(18)13-9-12(15)6-5-11(13)3/h5-6,9-10H,7-8,15H2,1-4H3,(H,16,18). The monoisotopic (exact) mass is 249 g/mol. The van der Waals surface area contributed by atoms with E-state index in [0.29, 0.717) is 23.8 Å². The second-order valence-electron chi connectivity index (χ2n) is 4.90. The van der Waals surface area contributed by atoms with Gasteiger partial charge in [-0.2, -0.15) is 0 Å². The van der Waals surface area contributed by atoms with Gasteiger partial charge in [-0.05, 0) is 45.5 Å². The van der Waals surface area contributed by atoms with Crippen molar-refractivity contribution in [3.8, 4) is 0 Å². The molecule has 0 radical (unpaired) electrons. The molecular formula is C14H23N3O. The molecule has 0 saturated carbocycles. The molecule has 0 bridgehead atoms. The minimum atomic E-state index is -0.0584. The van der Waals surface area contributed by atoms with Gasteiger partial charge in [-0.1, -0.05) is 6.07 Å². The average Bonchev–Trinajstić information content (AvgIpc) is 2.31. The molecule has 0 aromatic heterocycles. The van der Waals surface area contributed by atoms with Gasteiger partial charge in [-0.15, -0.1) is 0 Å². The number of hydrogen-bond donors (Lipinski definition) is 2. The van der Waals surface area contributed by atoms with Crippen LogP contribution >= 0.6 is 0 Å². The van der Waals surface area contributed by atoms with Gasteiger partial charge in [0.1, 0.15) is 0 Å². The third-order valence-corrected chi connectivity index (χ3v) is 3.14. The molecule has 3 N–H and O–H groups in total. The molecule has 0 fully saturated rings. The van der Waals surface area contributed by atoms with Crippen LogP contribution < -0.4 is 11.1 Å². The first-order valence-electron chi connectivity index (χ1n) is 6.26. The average molecular weight is 249 g/mol. The second kappa shape index (κ2) is 6.40. The summed E-state index contributed by atoms with van der Waals surface area (Å²) in [6.07, 6.45) is 0. The van der Waals surface area contributed by atoms with Crippen molar-refractivity contribution in [2.45, 2.75) is 26.8 Å². The minimum absolute atomic E-state index is 0.0584. The van der Waals surface area contributed by atoms with Crippen LogP contribution in [0.15, 0.2) is 18.2 Å². The molecule has 4 heteroatoms. The quantitative estimate of drug-likeness (QED) is 0.780. The summed E-state index contributed by atoms with van der Waals surface area (Å²) in [7, 11) is 2.04. The smallest absolute Gasteiger partial charge is 0.251 e. The van der Waals surface area contributed by atoms with E-state index < -0.39 is 0 Å². The zero-order valence-electron chi connectivity index (χ0n) is 11.7. The molecule has 0 atom stereocenters. The Morgan fingerprint density at radius 2 is 2.11 bits per heavy atom. The Labute approximate surface area is 109 Å². The van der Waals surface area contributed by atoms with E-state index in [-0.39, 0.29) is 5.91 Å². The lowest BCUT2D eigenvalue weighted by Gasteiger charge is -2.21. The van der Waals surface area contributed by atoms with E-state index in [1.54, 1.807) is 12.1 Å². The van der Waals surface area contributed by atoms with Crippen LogP contribution in [0.25, 0.3) is 0 Å². The molecule has 0 aliphatic rings.